The molecule has 0 saturated heterocycles. The Morgan fingerprint density at radius 3 is 2.67 bits per heavy atom. The number of rotatable bonds is 6. The summed E-state index contributed by atoms with van der Waals surface area (Å²) in [5.41, 5.74) is 5.92. The Bertz CT molecular complexity index is 281. The van der Waals surface area contributed by atoms with Crippen molar-refractivity contribution in [3.8, 4) is 0 Å². The zero-order valence-corrected chi connectivity index (χ0v) is 11.2. The SMILES string of the molecule is CNC(=O)CCNC(=O)CCC1CCCC(N)C1. The Labute approximate surface area is 109 Å². The molecule has 0 radical (unpaired) electrons. The van der Waals surface area contributed by atoms with Gasteiger partial charge in [-0.1, -0.05) is 12.8 Å². The molecule has 4 N–H and O–H groups in total. The zero-order valence-electron chi connectivity index (χ0n) is 11.2. The van der Waals surface area contributed by atoms with E-state index in [0.29, 0.717) is 31.3 Å². The van der Waals surface area contributed by atoms with E-state index < -0.39 is 0 Å². The number of hydrogen-bond donors (Lipinski definition) is 3. The molecule has 0 aromatic rings. The normalized spacial score (nSPS) is 23.4. The average molecular weight is 255 g/mol. The van der Waals surface area contributed by atoms with E-state index in [0.717, 1.165) is 19.3 Å². The highest BCUT2D eigenvalue weighted by atomic mass is 16.2. The topological polar surface area (TPSA) is 84.2 Å². The first-order valence-electron chi connectivity index (χ1n) is 6.84. The molecule has 0 bridgehead atoms. The van der Waals surface area contributed by atoms with Gasteiger partial charge in [0.15, 0.2) is 0 Å². The largest absolute Gasteiger partial charge is 0.359 e. The van der Waals surface area contributed by atoms with Gasteiger partial charge in [0.1, 0.15) is 0 Å². The fourth-order valence-corrected chi connectivity index (χ4v) is 2.46. The van der Waals surface area contributed by atoms with Crippen LogP contribution in [0, 0.1) is 5.92 Å². The molecule has 0 aromatic carbocycles. The zero-order chi connectivity index (χ0) is 13.4. The summed E-state index contributed by atoms with van der Waals surface area (Å²) in [7, 11) is 1.59. The third-order valence-corrected chi connectivity index (χ3v) is 3.56. The van der Waals surface area contributed by atoms with Gasteiger partial charge >= 0.3 is 0 Å². The minimum Gasteiger partial charge on any atom is -0.359 e. The first kappa shape index (κ1) is 15.0. The molecular formula is C13H25N3O2. The molecule has 0 aliphatic heterocycles. The molecular weight excluding hydrogens is 230 g/mol. The maximum atomic E-state index is 11.6. The second-order valence-corrected chi connectivity index (χ2v) is 5.10. The standard InChI is InChI=1S/C13H25N3O2/c1-15-12(17)7-8-16-13(18)6-5-10-3-2-4-11(14)9-10/h10-11H,2-9,14H2,1H3,(H,15,17)(H,16,18). The summed E-state index contributed by atoms with van der Waals surface area (Å²) in [6, 6.07) is 0.320. The molecule has 1 aliphatic carbocycles. The van der Waals surface area contributed by atoms with Gasteiger partial charge in [-0.15, -0.1) is 0 Å². The Hall–Kier alpha value is -1.10. The average Bonchev–Trinajstić information content (AvgIpc) is 2.36. The first-order valence-corrected chi connectivity index (χ1v) is 6.84. The maximum Gasteiger partial charge on any atom is 0.221 e. The minimum absolute atomic E-state index is 0.0399. The van der Waals surface area contributed by atoms with Crippen LogP contribution in [-0.4, -0.2) is 31.4 Å². The maximum absolute atomic E-state index is 11.6. The quantitative estimate of drug-likeness (QED) is 0.647. The van der Waals surface area contributed by atoms with Crippen LogP contribution in [0.3, 0.4) is 0 Å². The van der Waals surface area contributed by atoms with Crippen molar-refractivity contribution in [2.45, 2.75) is 51.0 Å². The molecule has 0 heterocycles. The highest BCUT2D eigenvalue weighted by Crippen LogP contribution is 2.26. The fourth-order valence-electron chi connectivity index (χ4n) is 2.46. The van der Waals surface area contributed by atoms with E-state index in [1.165, 1.54) is 12.8 Å². The van der Waals surface area contributed by atoms with E-state index in [4.69, 9.17) is 5.73 Å². The van der Waals surface area contributed by atoms with Gasteiger partial charge in [0.25, 0.3) is 0 Å². The molecule has 1 aliphatic rings. The van der Waals surface area contributed by atoms with Crippen molar-refractivity contribution in [2.24, 2.45) is 11.7 Å². The predicted molar refractivity (Wildman–Crippen MR) is 70.9 cm³/mol. The molecule has 2 atom stereocenters. The molecule has 5 heteroatoms. The summed E-state index contributed by atoms with van der Waals surface area (Å²) >= 11 is 0. The van der Waals surface area contributed by atoms with Crippen molar-refractivity contribution < 1.29 is 9.59 Å². The molecule has 2 unspecified atom stereocenters. The molecule has 18 heavy (non-hydrogen) atoms. The highest BCUT2D eigenvalue weighted by Gasteiger charge is 2.19. The van der Waals surface area contributed by atoms with E-state index in [2.05, 4.69) is 10.6 Å². The van der Waals surface area contributed by atoms with Crippen LogP contribution in [0.5, 0.6) is 0 Å². The lowest BCUT2D eigenvalue weighted by molar-refractivity contribution is -0.122. The van der Waals surface area contributed by atoms with Gasteiger partial charge < -0.3 is 16.4 Å². The van der Waals surface area contributed by atoms with E-state index in [9.17, 15) is 9.59 Å². The highest BCUT2D eigenvalue weighted by molar-refractivity contribution is 5.78. The summed E-state index contributed by atoms with van der Waals surface area (Å²) in [5.74, 6) is 0.588. The summed E-state index contributed by atoms with van der Waals surface area (Å²) in [6.45, 7) is 0.419. The lowest BCUT2D eigenvalue weighted by Gasteiger charge is -2.26. The van der Waals surface area contributed by atoms with E-state index in [1.54, 1.807) is 7.05 Å². The van der Waals surface area contributed by atoms with Crippen molar-refractivity contribution in [2.75, 3.05) is 13.6 Å². The van der Waals surface area contributed by atoms with Gasteiger partial charge in [0.2, 0.25) is 11.8 Å². The van der Waals surface area contributed by atoms with Crippen LogP contribution in [0.4, 0.5) is 0 Å². The first-order chi connectivity index (χ1) is 8.61. The van der Waals surface area contributed by atoms with Crippen LogP contribution < -0.4 is 16.4 Å². The van der Waals surface area contributed by atoms with E-state index >= 15 is 0 Å². The predicted octanol–water partition coefficient (Wildman–Crippen LogP) is 0.536. The Morgan fingerprint density at radius 2 is 2.00 bits per heavy atom. The van der Waals surface area contributed by atoms with Gasteiger partial charge in [-0.3, -0.25) is 9.59 Å². The lowest BCUT2D eigenvalue weighted by atomic mass is 9.83. The number of amides is 2. The van der Waals surface area contributed by atoms with Crippen LogP contribution in [0.15, 0.2) is 0 Å². The van der Waals surface area contributed by atoms with Crippen LogP contribution >= 0.6 is 0 Å². The number of nitrogens with one attached hydrogen (secondary N) is 2. The van der Waals surface area contributed by atoms with Gasteiger partial charge in [0.05, 0.1) is 0 Å². The second kappa shape index (κ2) is 8.08. The summed E-state index contributed by atoms with van der Waals surface area (Å²) in [4.78, 5) is 22.5. The number of hydrogen-bond acceptors (Lipinski definition) is 3. The third-order valence-electron chi connectivity index (χ3n) is 3.56. The number of carbonyl (C=O) groups excluding carboxylic acids is 2. The van der Waals surface area contributed by atoms with Gasteiger partial charge in [-0.2, -0.15) is 0 Å². The van der Waals surface area contributed by atoms with E-state index in [1.807, 2.05) is 0 Å². The lowest BCUT2D eigenvalue weighted by Crippen LogP contribution is -2.31. The molecule has 0 aromatic heterocycles. The van der Waals surface area contributed by atoms with Crippen molar-refractivity contribution >= 4 is 11.8 Å². The van der Waals surface area contributed by atoms with Crippen molar-refractivity contribution in [3.63, 3.8) is 0 Å². The second-order valence-electron chi connectivity index (χ2n) is 5.10. The van der Waals surface area contributed by atoms with Gasteiger partial charge in [-0.05, 0) is 25.2 Å². The molecule has 5 nitrogen and oxygen atoms in total. The van der Waals surface area contributed by atoms with Crippen molar-refractivity contribution in [1.29, 1.82) is 0 Å². The number of carbonyl (C=O) groups is 2. The summed E-state index contributed by atoms with van der Waals surface area (Å²) in [6.07, 6.45) is 6.35. The Kier molecular flexibility index (Phi) is 6.72. The smallest absolute Gasteiger partial charge is 0.221 e. The molecule has 1 saturated carbocycles. The summed E-state index contributed by atoms with van der Waals surface area (Å²) < 4.78 is 0. The molecule has 104 valence electrons. The Balaban J connectivity index is 2.07. The van der Waals surface area contributed by atoms with Crippen molar-refractivity contribution in [3.05, 3.63) is 0 Å². The van der Waals surface area contributed by atoms with Crippen LogP contribution in [-0.2, 0) is 9.59 Å². The van der Waals surface area contributed by atoms with Gasteiger partial charge in [-0.25, -0.2) is 0 Å². The van der Waals surface area contributed by atoms with Crippen molar-refractivity contribution in [1.82, 2.24) is 10.6 Å². The van der Waals surface area contributed by atoms with E-state index in [-0.39, 0.29) is 11.8 Å². The number of nitrogens with two attached hydrogens (primary N) is 1. The van der Waals surface area contributed by atoms with Crippen LogP contribution in [0.25, 0.3) is 0 Å². The Morgan fingerprint density at radius 1 is 1.22 bits per heavy atom. The summed E-state index contributed by atoms with van der Waals surface area (Å²) in [5, 5.41) is 5.29. The molecule has 0 spiro atoms. The molecule has 1 fully saturated rings. The van der Waals surface area contributed by atoms with Crippen LogP contribution in [0.1, 0.15) is 44.9 Å². The van der Waals surface area contributed by atoms with Crippen LogP contribution in [0.2, 0.25) is 0 Å². The van der Waals surface area contributed by atoms with Gasteiger partial charge in [0, 0.05) is 32.5 Å². The minimum atomic E-state index is -0.0476. The monoisotopic (exact) mass is 255 g/mol. The molecule has 1 rings (SSSR count). The molecule has 2 amide bonds. The fraction of sp³-hybridized carbons (Fsp3) is 0.846. The third kappa shape index (κ3) is 6.00.